The number of hydrogen-bond donors (Lipinski definition) is 1. The highest BCUT2D eigenvalue weighted by Crippen LogP contribution is 2.28. The van der Waals surface area contributed by atoms with Crippen LogP contribution in [0.2, 0.25) is 0 Å². The maximum absolute atomic E-state index is 12.9. The minimum atomic E-state index is -0.166. The van der Waals surface area contributed by atoms with Crippen LogP contribution >= 0.6 is 0 Å². The zero-order valence-electron chi connectivity index (χ0n) is 17.9. The highest BCUT2D eigenvalue weighted by atomic mass is 16.5. The van der Waals surface area contributed by atoms with E-state index in [1.54, 1.807) is 19.2 Å². The summed E-state index contributed by atoms with van der Waals surface area (Å²) in [5.41, 5.74) is 4.36. The van der Waals surface area contributed by atoms with Crippen LogP contribution in [0.1, 0.15) is 27.0 Å². The molecule has 1 N–H and O–H groups in total. The van der Waals surface area contributed by atoms with Crippen LogP contribution < -0.4 is 14.8 Å². The monoisotopic (exact) mass is 411 g/mol. The predicted molar refractivity (Wildman–Crippen MR) is 125 cm³/mol. The van der Waals surface area contributed by atoms with E-state index < -0.39 is 0 Å². The van der Waals surface area contributed by atoms with Gasteiger partial charge in [0.25, 0.3) is 5.91 Å². The summed E-state index contributed by atoms with van der Waals surface area (Å²) in [6.45, 7) is 4.31. The highest BCUT2D eigenvalue weighted by Gasteiger charge is 2.13. The summed E-state index contributed by atoms with van der Waals surface area (Å²) >= 11 is 0. The van der Waals surface area contributed by atoms with E-state index in [1.165, 1.54) is 0 Å². The lowest BCUT2D eigenvalue weighted by Gasteiger charge is -2.14. The van der Waals surface area contributed by atoms with Crippen LogP contribution in [0.15, 0.2) is 78.9 Å². The Balaban J connectivity index is 1.56. The second kappa shape index (κ2) is 8.92. The third-order valence-electron chi connectivity index (χ3n) is 5.31. The fourth-order valence-corrected chi connectivity index (χ4v) is 3.66. The molecule has 0 saturated carbocycles. The van der Waals surface area contributed by atoms with Gasteiger partial charge in [0.15, 0.2) is 0 Å². The zero-order chi connectivity index (χ0) is 21.8. The Hall–Kier alpha value is -3.79. The number of hydrogen-bond acceptors (Lipinski definition) is 3. The second-order valence-electron chi connectivity index (χ2n) is 7.57. The second-order valence-corrected chi connectivity index (χ2v) is 7.57. The standard InChI is InChI=1S/C27H25NO3/c1-18-11-13-24(19(2)15-18)28-27(29)21-12-14-25(30-3)22(16-21)17-31-26-10-6-8-20-7-4-5-9-23(20)26/h4-16H,17H2,1-3H3,(H,28,29). The van der Waals surface area contributed by atoms with Crippen molar-refractivity contribution in [2.75, 3.05) is 12.4 Å². The van der Waals surface area contributed by atoms with E-state index in [0.717, 1.165) is 38.9 Å². The average Bonchev–Trinajstić information content (AvgIpc) is 2.79. The minimum Gasteiger partial charge on any atom is -0.496 e. The lowest BCUT2D eigenvalue weighted by molar-refractivity contribution is 0.102. The molecule has 156 valence electrons. The Bertz CT molecular complexity index is 1240. The SMILES string of the molecule is COc1ccc(C(=O)Nc2ccc(C)cc2C)cc1COc1cccc2ccccc12. The van der Waals surface area contributed by atoms with Crippen LogP contribution in [-0.2, 0) is 6.61 Å². The number of rotatable bonds is 6. The molecule has 0 aliphatic carbocycles. The zero-order valence-corrected chi connectivity index (χ0v) is 17.9. The van der Waals surface area contributed by atoms with Gasteiger partial charge in [-0.15, -0.1) is 0 Å². The third kappa shape index (κ3) is 4.53. The van der Waals surface area contributed by atoms with Gasteiger partial charge in [-0.2, -0.15) is 0 Å². The number of fused-ring (bicyclic) bond motifs is 1. The number of benzene rings is 4. The molecule has 0 saturated heterocycles. The average molecular weight is 412 g/mol. The largest absolute Gasteiger partial charge is 0.496 e. The normalized spacial score (nSPS) is 10.7. The summed E-state index contributed by atoms with van der Waals surface area (Å²) in [7, 11) is 1.62. The van der Waals surface area contributed by atoms with E-state index in [0.29, 0.717) is 17.9 Å². The van der Waals surface area contributed by atoms with Crippen LogP contribution in [0, 0.1) is 13.8 Å². The van der Waals surface area contributed by atoms with E-state index >= 15 is 0 Å². The van der Waals surface area contributed by atoms with Crippen LogP contribution in [0.3, 0.4) is 0 Å². The number of methoxy groups -OCH3 is 1. The number of ether oxygens (including phenoxy) is 2. The fraction of sp³-hybridized carbons (Fsp3) is 0.148. The molecule has 1 amide bonds. The highest BCUT2D eigenvalue weighted by molar-refractivity contribution is 6.04. The Kier molecular flexibility index (Phi) is 5.89. The molecular formula is C27H25NO3. The minimum absolute atomic E-state index is 0.166. The van der Waals surface area contributed by atoms with Crippen molar-refractivity contribution in [3.63, 3.8) is 0 Å². The van der Waals surface area contributed by atoms with Crippen molar-refractivity contribution in [3.05, 3.63) is 101 Å². The van der Waals surface area contributed by atoms with Crippen molar-refractivity contribution in [2.24, 2.45) is 0 Å². The molecule has 0 heterocycles. The van der Waals surface area contributed by atoms with Gasteiger partial charge in [0.2, 0.25) is 0 Å². The molecule has 0 atom stereocenters. The molecule has 0 radical (unpaired) electrons. The number of carbonyl (C=O) groups is 1. The van der Waals surface area contributed by atoms with Gasteiger partial charge < -0.3 is 14.8 Å². The fourth-order valence-electron chi connectivity index (χ4n) is 3.66. The Labute approximate surface area is 182 Å². The Morgan fingerprint density at radius 3 is 2.48 bits per heavy atom. The summed E-state index contributed by atoms with van der Waals surface area (Å²) in [5, 5.41) is 5.16. The molecule has 0 fully saturated rings. The van der Waals surface area contributed by atoms with Crippen LogP contribution in [-0.4, -0.2) is 13.0 Å². The summed E-state index contributed by atoms with van der Waals surface area (Å²) in [6.07, 6.45) is 0. The first-order chi connectivity index (χ1) is 15.0. The first kappa shape index (κ1) is 20.5. The van der Waals surface area contributed by atoms with E-state index in [1.807, 2.05) is 68.4 Å². The first-order valence-electron chi connectivity index (χ1n) is 10.2. The van der Waals surface area contributed by atoms with Gasteiger partial charge in [-0.05, 0) is 55.1 Å². The Morgan fingerprint density at radius 1 is 0.871 bits per heavy atom. The quantitative estimate of drug-likeness (QED) is 0.405. The number of nitrogens with one attached hydrogen (secondary N) is 1. The molecule has 0 aliphatic rings. The van der Waals surface area contributed by atoms with Gasteiger partial charge >= 0.3 is 0 Å². The van der Waals surface area contributed by atoms with Crippen molar-refractivity contribution in [3.8, 4) is 11.5 Å². The Morgan fingerprint density at radius 2 is 1.68 bits per heavy atom. The lowest BCUT2D eigenvalue weighted by Crippen LogP contribution is -2.13. The van der Waals surface area contributed by atoms with Gasteiger partial charge in [-0.3, -0.25) is 4.79 Å². The molecule has 0 aromatic heterocycles. The van der Waals surface area contributed by atoms with E-state index in [4.69, 9.17) is 9.47 Å². The van der Waals surface area contributed by atoms with Crippen molar-refractivity contribution >= 4 is 22.4 Å². The van der Waals surface area contributed by atoms with Crippen LogP contribution in [0.25, 0.3) is 10.8 Å². The third-order valence-corrected chi connectivity index (χ3v) is 5.31. The van der Waals surface area contributed by atoms with E-state index in [2.05, 4.69) is 17.4 Å². The van der Waals surface area contributed by atoms with Crippen molar-refractivity contribution in [2.45, 2.75) is 20.5 Å². The van der Waals surface area contributed by atoms with Gasteiger partial charge in [0, 0.05) is 22.2 Å². The van der Waals surface area contributed by atoms with Gasteiger partial charge in [0.1, 0.15) is 18.1 Å². The van der Waals surface area contributed by atoms with Crippen LogP contribution in [0.5, 0.6) is 11.5 Å². The molecule has 4 aromatic rings. The van der Waals surface area contributed by atoms with Crippen molar-refractivity contribution in [1.29, 1.82) is 0 Å². The molecule has 0 unspecified atom stereocenters. The molecule has 0 aliphatic heterocycles. The van der Waals surface area contributed by atoms with E-state index in [-0.39, 0.29) is 5.91 Å². The first-order valence-corrected chi connectivity index (χ1v) is 10.2. The molecule has 4 rings (SSSR count). The maximum Gasteiger partial charge on any atom is 0.255 e. The smallest absolute Gasteiger partial charge is 0.255 e. The molecule has 0 bridgehead atoms. The molecule has 0 spiro atoms. The van der Waals surface area contributed by atoms with Crippen molar-refractivity contribution < 1.29 is 14.3 Å². The van der Waals surface area contributed by atoms with E-state index in [9.17, 15) is 4.79 Å². The summed E-state index contributed by atoms with van der Waals surface area (Å²) < 4.78 is 11.6. The topological polar surface area (TPSA) is 47.6 Å². The predicted octanol–water partition coefficient (Wildman–Crippen LogP) is 6.30. The summed E-state index contributed by atoms with van der Waals surface area (Å²) in [5.74, 6) is 1.31. The summed E-state index contributed by atoms with van der Waals surface area (Å²) in [6, 6.07) is 25.4. The van der Waals surface area contributed by atoms with Gasteiger partial charge in [-0.1, -0.05) is 54.1 Å². The van der Waals surface area contributed by atoms with Crippen molar-refractivity contribution in [1.82, 2.24) is 0 Å². The van der Waals surface area contributed by atoms with Gasteiger partial charge in [0.05, 0.1) is 7.11 Å². The number of anilines is 1. The number of amides is 1. The summed E-state index contributed by atoms with van der Waals surface area (Å²) in [4.78, 5) is 12.9. The number of aryl methyl sites for hydroxylation is 2. The molecule has 4 nitrogen and oxygen atoms in total. The molecule has 4 heteroatoms. The molecule has 31 heavy (non-hydrogen) atoms. The lowest BCUT2D eigenvalue weighted by atomic mass is 10.1. The van der Waals surface area contributed by atoms with Gasteiger partial charge in [-0.25, -0.2) is 0 Å². The molecular weight excluding hydrogens is 386 g/mol. The van der Waals surface area contributed by atoms with Crippen LogP contribution in [0.4, 0.5) is 5.69 Å². The number of carbonyl (C=O) groups excluding carboxylic acids is 1. The molecule has 4 aromatic carbocycles. The maximum atomic E-state index is 12.9.